The fraction of sp³-hybridized carbons (Fsp3) is 0.176. The van der Waals surface area contributed by atoms with E-state index in [1.165, 1.54) is 27.1 Å². The zero-order valence-electron chi connectivity index (χ0n) is 11.0. The number of fused-ring (bicyclic) bond motifs is 2. The van der Waals surface area contributed by atoms with E-state index in [0.717, 1.165) is 17.6 Å². The average molecular weight is 327 g/mol. The molecule has 0 unspecified atom stereocenters. The van der Waals surface area contributed by atoms with E-state index in [9.17, 15) is 0 Å². The Balaban J connectivity index is 2.24. The number of nitrogens with two attached hydrogens (primary N) is 1. The number of halogens is 1. The Morgan fingerprint density at radius 2 is 1.30 bits per heavy atom. The normalized spacial score (nSPS) is 17.3. The van der Waals surface area contributed by atoms with Crippen molar-refractivity contribution in [1.29, 1.82) is 0 Å². The Labute approximate surface area is 126 Å². The second kappa shape index (κ2) is 4.29. The molecule has 20 heavy (non-hydrogen) atoms. The molecular weight excluding hydrogens is 312 g/mol. The van der Waals surface area contributed by atoms with Gasteiger partial charge in [0.2, 0.25) is 0 Å². The van der Waals surface area contributed by atoms with Crippen LogP contribution in [0.15, 0.2) is 53.0 Å². The van der Waals surface area contributed by atoms with Crippen molar-refractivity contribution in [2.24, 2.45) is 5.73 Å². The molecule has 1 aliphatic rings. The van der Waals surface area contributed by atoms with Crippen molar-refractivity contribution in [1.82, 2.24) is 5.32 Å². The van der Waals surface area contributed by atoms with Crippen molar-refractivity contribution in [2.45, 2.75) is 5.54 Å². The summed E-state index contributed by atoms with van der Waals surface area (Å²) in [6.45, 7) is 1.67. The lowest BCUT2D eigenvalue weighted by molar-refractivity contribution is 0.291. The van der Waals surface area contributed by atoms with Gasteiger partial charge in [0.15, 0.2) is 0 Å². The highest BCUT2D eigenvalue weighted by Gasteiger charge is 2.37. The molecule has 2 nitrogen and oxygen atoms in total. The topological polar surface area (TPSA) is 38.0 Å². The Bertz CT molecular complexity index is 765. The van der Waals surface area contributed by atoms with Gasteiger partial charge in [-0.15, -0.1) is 0 Å². The third-order valence-corrected chi connectivity index (χ3v) is 5.10. The second-order valence-electron chi connectivity index (χ2n) is 5.54. The Kier molecular flexibility index (Phi) is 2.64. The van der Waals surface area contributed by atoms with E-state index in [0.29, 0.717) is 0 Å². The van der Waals surface area contributed by atoms with Crippen molar-refractivity contribution >= 4 is 37.5 Å². The molecule has 0 saturated carbocycles. The molecule has 3 aromatic carbocycles. The molecule has 3 heteroatoms. The maximum Gasteiger partial charge on any atom is 0.0674 e. The molecule has 0 radical (unpaired) electrons. The first-order valence-corrected chi connectivity index (χ1v) is 7.59. The molecule has 0 spiro atoms. The van der Waals surface area contributed by atoms with E-state index in [1.807, 2.05) is 0 Å². The quantitative estimate of drug-likeness (QED) is 0.671. The van der Waals surface area contributed by atoms with Gasteiger partial charge < -0.3 is 11.1 Å². The lowest BCUT2D eigenvalue weighted by Gasteiger charge is -2.41. The first-order valence-electron chi connectivity index (χ1n) is 6.80. The van der Waals surface area contributed by atoms with Gasteiger partial charge in [0.1, 0.15) is 0 Å². The molecule has 0 aliphatic carbocycles. The molecule has 0 aromatic heterocycles. The van der Waals surface area contributed by atoms with Crippen LogP contribution < -0.4 is 11.1 Å². The highest BCUT2D eigenvalue weighted by Crippen LogP contribution is 2.41. The highest BCUT2D eigenvalue weighted by atomic mass is 79.9. The van der Waals surface area contributed by atoms with Crippen molar-refractivity contribution in [3.63, 3.8) is 0 Å². The van der Waals surface area contributed by atoms with Crippen LogP contribution in [0.3, 0.4) is 0 Å². The van der Waals surface area contributed by atoms with Crippen LogP contribution in [-0.2, 0) is 5.54 Å². The molecule has 0 amide bonds. The van der Waals surface area contributed by atoms with Crippen LogP contribution in [0.4, 0.5) is 0 Å². The van der Waals surface area contributed by atoms with E-state index in [-0.39, 0.29) is 5.54 Å². The number of hydrogen-bond acceptors (Lipinski definition) is 2. The third-order valence-electron chi connectivity index (χ3n) is 4.24. The summed E-state index contributed by atoms with van der Waals surface area (Å²) >= 11 is 3.77. The zero-order chi connectivity index (χ0) is 13.7. The van der Waals surface area contributed by atoms with Gasteiger partial charge >= 0.3 is 0 Å². The molecule has 3 aromatic rings. The third kappa shape index (κ3) is 1.57. The number of nitrogens with one attached hydrogen (secondary N) is 1. The van der Waals surface area contributed by atoms with Crippen molar-refractivity contribution in [3.05, 3.63) is 58.6 Å². The Morgan fingerprint density at radius 3 is 1.70 bits per heavy atom. The summed E-state index contributed by atoms with van der Waals surface area (Å²) in [5, 5.41) is 8.28. The summed E-state index contributed by atoms with van der Waals surface area (Å²) in [5.41, 5.74) is 7.63. The van der Waals surface area contributed by atoms with E-state index < -0.39 is 0 Å². The summed E-state index contributed by atoms with van der Waals surface area (Å²) in [4.78, 5) is 0. The lowest BCUT2D eigenvalue weighted by atomic mass is 9.79. The van der Waals surface area contributed by atoms with E-state index in [2.05, 4.69) is 69.8 Å². The van der Waals surface area contributed by atoms with Crippen molar-refractivity contribution in [3.8, 4) is 0 Å². The maximum absolute atomic E-state index is 6.63. The molecule has 4 rings (SSSR count). The summed E-state index contributed by atoms with van der Waals surface area (Å²) in [6.07, 6.45) is 0. The van der Waals surface area contributed by atoms with Crippen LogP contribution >= 0.6 is 15.9 Å². The van der Waals surface area contributed by atoms with Gasteiger partial charge in [0, 0.05) is 17.6 Å². The molecule has 0 bridgehead atoms. The van der Waals surface area contributed by atoms with E-state index >= 15 is 0 Å². The summed E-state index contributed by atoms with van der Waals surface area (Å²) in [7, 11) is 0. The Hall–Kier alpha value is -1.42. The highest BCUT2D eigenvalue weighted by molar-refractivity contribution is 9.10. The molecule has 1 fully saturated rings. The SMILES string of the molecule is NC1(c2c3ccccc3c(Br)c3ccccc23)CNC1. The van der Waals surface area contributed by atoms with Crippen LogP contribution in [0.25, 0.3) is 21.5 Å². The van der Waals surface area contributed by atoms with E-state index in [1.54, 1.807) is 0 Å². The standard InChI is InChI=1S/C17H15BrN2/c18-16-13-7-3-1-5-11(13)15(17(19)9-20-10-17)12-6-2-4-8-14(12)16/h1-8,20H,9-10,19H2. The van der Waals surface area contributed by atoms with Gasteiger partial charge in [-0.2, -0.15) is 0 Å². The number of rotatable bonds is 1. The monoisotopic (exact) mass is 326 g/mol. The average Bonchev–Trinajstić information content (AvgIpc) is 2.46. The fourth-order valence-electron chi connectivity index (χ4n) is 3.18. The molecular formula is C17H15BrN2. The van der Waals surface area contributed by atoms with Crippen LogP contribution in [0.1, 0.15) is 5.56 Å². The number of benzene rings is 3. The summed E-state index contributed by atoms with van der Waals surface area (Å²) in [5.74, 6) is 0. The van der Waals surface area contributed by atoms with Gasteiger partial charge in [-0.05, 0) is 43.0 Å². The van der Waals surface area contributed by atoms with Crippen LogP contribution in [0, 0.1) is 0 Å². The largest absolute Gasteiger partial charge is 0.319 e. The zero-order valence-corrected chi connectivity index (χ0v) is 12.6. The minimum atomic E-state index is -0.264. The predicted octanol–water partition coefficient (Wildman–Crippen LogP) is 3.51. The lowest BCUT2D eigenvalue weighted by Crippen LogP contribution is -2.62. The Morgan fingerprint density at radius 1 is 0.850 bits per heavy atom. The first-order chi connectivity index (χ1) is 9.71. The maximum atomic E-state index is 6.63. The van der Waals surface area contributed by atoms with Crippen LogP contribution in [0.2, 0.25) is 0 Å². The molecule has 100 valence electrons. The molecule has 0 atom stereocenters. The van der Waals surface area contributed by atoms with Gasteiger partial charge in [-0.1, -0.05) is 48.5 Å². The van der Waals surface area contributed by atoms with Gasteiger partial charge in [-0.3, -0.25) is 0 Å². The fourth-order valence-corrected chi connectivity index (χ4v) is 3.87. The van der Waals surface area contributed by atoms with Gasteiger partial charge in [-0.25, -0.2) is 0 Å². The minimum Gasteiger partial charge on any atom is -0.319 e. The molecule has 3 N–H and O–H groups in total. The molecule has 1 heterocycles. The smallest absolute Gasteiger partial charge is 0.0674 e. The van der Waals surface area contributed by atoms with Gasteiger partial charge in [0.05, 0.1) is 5.54 Å². The van der Waals surface area contributed by atoms with Gasteiger partial charge in [0.25, 0.3) is 0 Å². The minimum absolute atomic E-state index is 0.264. The van der Waals surface area contributed by atoms with Crippen LogP contribution in [0.5, 0.6) is 0 Å². The second-order valence-corrected chi connectivity index (χ2v) is 6.33. The van der Waals surface area contributed by atoms with Crippen molar-refractivity contribution in [2.75, 3.05) is 13.1 Å². The van der Waals surface area contributed by atoms with Crippen LogP contribution in [-0.4, -0.2) is 13.1 Å². The predicted molar refractivity (Wildman–Crippen MR) is 87.9 cm³/mol. The van der Waals surface area contributed by atoms with E-state index in [4.69, 9.17) is 5.73 Å². The molecule has 1 saturated heterocycles. The number of hydrogen-bond donors (Lipinski definition) is 2. The first kappa shape index (κ1) is 12.3. The summed E-state index contributed by atoms with van der Waals surface area (Å²) in [6, 6.07) is 17.0. The molecule has 1 aliphatic heterocycles. The van der Waals surface area contributed by atoms with Crippen molar-refractivity contribution < 1.29 is 0 Å². The summed E-state index contributed by atoms with van der Waals surface area (Å²) < 4.78 is 1.16.